The molecule has 3 heterocycles. The van der Waals surface area contributed by atoms with E-state index in [0.717, 1.165) is 26.1 Å². The Labute approximate surface area is 149 Å². The Morgan fingerprint density at radius 1 is 1.28 bits per heavy atom. The largest absolute Gasteiger partial charge is 0.357 e. The summed E-state index contributed by atoms with van der Waals surface area (Å²) in [4.78, 5) is 11.0. The monoisotopic (exact) mass is 336 g/mol. The number of H-pyrrole nitrogens is 1. The molecule has 0 aliphatic carbocycles. The van der Waals surface area contributed by atoms with E-state index >= 15 is 0 Å². The van der Waals surface area contributed by atoms with Crippen LogP contribution in [0.3, 0.4) is 0 Å². The summed E-state index contributed by atoms with van der Waals surface area (Å²) in [5.74, 6) is 1.84. The molecule has 1 aromatic carbocycles. The predicted molar refractivity (Wildman–Crippen MR) is 103 cm³/mol. The van der Waals surface area contributed by atoms with E-state index in [2.05, 4.69) is 70.7 Å². The molecule has 1 aliphatic rings. The van der Waals surface area contributed by atoms with Gasteiger partial charge in [0, 0.05) is 42.1 Å². The van der Waals surface area contributed by atoms with E-state index in [0.29, 0.717) is 12.0 Å². The van der Waals surface area contributed by atoms with Gasteiger partial charge < -0.3 is 9.55 Å². The second-order valence-electron chi connectivity index (χ2n) is 7.56. The Balaban J connectivity index is 1.71. The fraction of sp³-hybridized carbons (Fsp3) is 0.476. The molecule has 25 heavy (non-hydrogen) atoms. The summed E-state index contributed by atoms with van der Waals surface area (Å²) >= 11 is 0. The van der Waals surface area contributed by atoms with Crippen molar-refractivity contribution in [1.29, 1.82) is 0 Å². The number of hydrogen-bond acceptors (Lipinski definition) is 2. The summed E-state index contributed by atoms with van der Waals surface area (Å²) in [5.41, 5.74) is 4.23. The maximum absolute atomic E-state index is 4.60. The third kappa shape index (κ3) is 2.99. The van der Waals surface area contributed by atoms with Crippen LogP contribution >= 0.6 is 0 Å². The number of aromatic amines is 1. The molecule has 1 N–H and O–H groups in total. The van der Waals surface area contributed by atoms with Crippen LogP contribution in [-0.4, -0.2) is 26.0 Å². The summed E-state index contributed by atoms with van der Waals surface area (Å²) in [7, 11) is 0. The first kappa shape index (κ1) is 16.4. The van der Waals surface area contributed by atoms with E-state index in [1.165, 1.54) is 34.4 Å². The Hall–Kier alpha value is -2.07. The number of aromatic nitrogens is 3. The lowest BCUT2D eigenvalue weighted by Gasteiger charge is -2.36. The zero-order valence-electron chi connectivity index (χ0n) is 15.5. The lowest BCUT2D eigenvalue weighted by Crippen LogP contribution is -2.36. The van der Waals surface area contributed by atoms with Crippen molar-refractivity contribution in [3.8, 4) is 0 Å². The zero-order chi connectivity index (χ0) is 17.4. The fourth-order valence-corrected chi connectivity index (χ4v) is 4.23. The minimum absolute atomic E-state index is 0.443. The van der Waals surface area contributed by atoms with E-state index < -0.39 is 0 Å². The standard InChI is InChI=1S/C21H28N4/c1-4-24-12-10-22-20(24)14-25-11-9-17-16-7-5-6-8-18(16)23-21(17)19(25)13-15(2)3/h5-8,10,12,15,19,23H,4,9,11,13-14H2,1-3H3/t19-/m0/s1. The van der Waals surface area contributed by atoms with E-state index in [1.54, 1.807) is 0 Å². The molecule has 0 fully saturated rings. The van der Waals surface area contributed by atoms with Gasteiger partial charge in [-0.25, -0.2) is 4.98 Å². The van der Waals surface area contributed by atoms with Gasteiger partial charge in [0.05, 0.1) is 12.6 Å². The SMILES string of the molecule is CCn1ccnc1CN1CCc2c([nH]c3ccccc23)[C@@H]1CC(C)C. The normalized spacial score (nSPS) is 18.2. The van der Waals surface area contributed by atoms with Crippen LogP contribution in [0.25, 0.3) is 10.9 Å². The first-order chi connectivity index (χ1) is 12.2. The number of nitrogens with one attached hydrogen (secondary N) is 1. The Morgan fingerprint density at radius 2 is 2.12 bits per heavy atom. The summed E-state index contributed by atoms with van der Waals surface area (Å²) in [6, 6.07) is 9.18. The fourth-order valence-electron chi connectivity index (χ4n) is 4.23. The molecule has 0 unspecified atom stereocenters. The molecule has 0 bridgehead atoms. The number of nitrogens with zero attached hydrogens (tertiary/aromatic N) is 3. The number of hydrogen-bond donors (Lipinski definition) is 1. The number of fused-ring (bicyclic) bond motifs is 3. The maximum atomic E-state index is 4.60. The van der Waals surface area contributed by atoms with Crippen molar-refractivity contribution >= 4 is 10.9 Å². The summed E-state index contributed by atoms with van der Waals surface area (Å²) < 4.78 is 2.26. The molecule has 4 rings (SSSR count). The second kappa shape index (κ2) is 6.68. The molecule has 0 radical (unpaired) electrons. The van der Waals surface area contributed by atoms with E-state index in [1.807, 2.05) is 6.20 Å². The van der Waals surface area contributed by atoms with Crippen LogP contribution in [0.4, 0.5) is 0 Å². The van der Waals surface area contributed by atoms with E-state index in [-0.39, 0.29) is 0 Å². The van der Waals surface area contributed by atoms with Gasteiger partial charge in [-0.05, 0) is 37.3 Å². The van der Waals surface area contributed by atoms with Gasteiger partial charge >= 0.3 is 0 Å². The van der Waals surface area contributed by atoms with Crippen LogP contribution in [-0.2, 0) is 19.5 Å². The van der Waals surface area contributed by atoms with Crippen molar-refractivity contribution in [3.05, 3.63) is 53.7 Å². The number of aryl methyl sites for hydroxylation is 1. The van der Waals surface area contributed by atoms with Crippen molar-refractivity contribution in [1.82, 2.24) is 19.4 Å². The Bertz CT molecular complexity index is 858. The molecule has 2 aromatic heterocycles. The average molecular weight is 336 g/mol. The third-order valence-corrected chi connectivity index (χ3v) is 5.45. The maximum Gasteiger partial charge on any atom is 0.122 e. The van der Waals surface area contributed by atoms with Crippen LogP contribution in [0, 0.1) is 5.92 Å². The molecule has 132 valence electrons. The molecule has 1 atom stereocenters. The lowest BCUT2D eigenvalue weighted by atomic mass is 9.91. The highest BCUT2D eigenvalue weighted by Crippen LogP contribution is 2.38. The number of rotatable bonds is 5. The molecule has 1 aliphatic heterocycles. The van der Waals surface area contributed by atoms with Gasteiger partial charge in [0.1, 0.15) is 5.82 Å². The summed E-state index contributed by atoms with van der Waals surface area (Å²) in [5, 5.41) is 1.40. The molecule has 0 spiro atoms. The van der Waals surface area contributed by atoms with Gasteiger partial charge in [0.25, 0.3) is 0 Å². The van der Waals surface area contributed by atoms with Gasteiger partial charge in [-0.15, -0.1) is 0 Å². The number of para-hydroxylation sites is 1. The molecule has 0 saturated carbocycles. The highest BCUT2D eigenvalue weighted by Gasteiger charge is 2.31. The van der Waals surface area contributed by atoms with Gasteiger partial charge in [0.15, 0.2) is 0 Å². The van der Waals surface area contributed by atoms with Crippen molar-refractivity contribution in [2.75, 3.05) is 6.54 Å². The predicted octanol–water partition coefficient (Wildman–Crippen LogP) is 4.53. The Kier molecular flexibility index (Phi) is 4.38. The van der Waals surface area contributed by atoms with Crippen LogP contribution < -0.4 is 0 Å². The number of benzene rings is 1. The van der Waals surface area contributed by atoms with Crippen LogP contribution in [0.2, 0.25) is 0 Å². The van der Waals surface area contributed by atoms with Crippen LogP contribution in [0.1, 0.15) is 50.3 Å². The zero-order valence-corrected chi connectivity index (χ0v) is 15.5. The molecular formula is C21H28N4. The third-order valence-electron chi connectivity index (χ3n) is 5.45. The lowest BCUT2D eigenvalue weighted by molar-refractivity contribution is 0.146. The quantitative estimate of drug-likeness (QED) is 0.743. The summed E-state index contributed by atoms with van der Waals surface area (Å²) in [6.45, 7) is 9.83. The van der Waals surface area contributed by atoms with Crippen LogP contribution in [0.15, 0.2) is 36.7 Å². The molecule has 4 nitrogen and oxygen atoms in total. The minimum atomic E-state index is 0.443. The topological polar surface area (TPSA) is 36.9 Å². The Morgan fingerprint density at radius 3 is 2.92 bits per heavy atom. The second-order valence-corrected chi connectivity index (χ2v) is 7.56. The van der Waals surface area contributed by atoms with Gasteiger partial charge in [-0.2, -0.15) is 0 Å². The highest BCUT2D eigenvalue weighted by molar-refractivity contribution is 5.85. The van der Waals surface area contributed by atoms with Crippen molar-refractivity contribution in [3.63, 3.8) is 0 Å². The molecule has 0 saturated heterocycles. The molecule has 3 aromatic rings. The highest BCUT2D eigenvalue weighted by atomic mass is 15.2. The minimum Gasteiger partial charge on any atom is -0.357 e. The van der Waals surface area contributed by atoms with Crippen molar-refractivity contribution in [2.24, 2.45) is 5.92 Å². The smallest absolute Gasteiger partial charge is 0.122 e. The average Bonchev–Trinajstić information content (AvgIpc) is 3.20. The molecule has 4 heteroatoms. The molecule has 0 amide bonds. The van der Waals surface area contributed by atoms with Crippen molar-refractivity contribution in [2.45, 2.75) is 52.7 Å². The molecular weight excluding hydrogens is 308 g/mol. The first-order valence-electron chi connectivity index (χ1n) is 9.51. The van der Waals surface area contributed by atoms with Crippen molar-refractivity contribution < 1.29 is 0 Å². The van der Waals surface area contributed by atoms with E-state index in [9.17, 15) is 0 Å². The van der Waals surface area contributed by atoms with Gasteiger partial charge in [-0.3, -0.25) is 4.90 Å². The first-order valence-corrected chi connectivity index (χ1v) is 9.51. The summed E-state index contributed by atoms with van der Waals surface area (Å²) in [6.07, 6.45) is 6.30. The number of imidazole rings is 1. The van der Waals surface area contributed by atoms with Gasteiger partial charge in [0.2, 0.25) is 0 Å². The van der Waals surface area contributed by atoms with E-state index in [4.69, 9.17) is 0 Å². The van der Waals surface area contributed by atoms with Gasteiger partial charge in [-0.1, -0.05) is 32.0 Å². The van der Waals surface area contributed by atoms with Crippen LogP contribution in [0.5, 0.6) is 0 Å².